The Kier molecular flexibility index (Phi) is 4.29. The zero-order valence-corrected chi connectivity index (χ0v) is 15.4. The van der Waals surface area contributed by atoms with Gasteiger partial charge in [-0.1, -0.05) is 6.07 Å². The van der Waals surface area contributed by atoms with E-state index in [1.54, 1.807) is 13.0 Å². The normalized spacial score (nSPS) is 28.2. The number of hydrogen-bond acceptors (Lipinski definition) is 6. The molecule has 0 aliphatic carbocycles. The molecule has 0 saturated carbocycles. The molecule has 2 aliphatic heterocycles. The molecular weight excluding hydrogens is 363 g/mol. The molecule has 0 aromatic heterocycles. The van der Waals surface area contributed by atoms with Crippen LogP contribution >= 0.6 is 11.8 Å². The van der Waals surface area contributed by atoms with E-state index in [-0.39, 0.29) is 22.5 Å². The van der Waals surface area contributed by atoms with E-state index in [1.165, 1.54) is 30.9 Å². The maximum absolute atomic E-state index is 13.5. The summed E-state index contributed by atoms with van der Waals surface area (Å²) >= 11 is 1.49. The van der Waals surface area contributed by atoms with Crippen LogP contribution in [-0.4, -0.2) is 42.3 Å². The van der Waals surface area contributed by atoms with Crippen molar-refractivity contribution in [2.24, 2.45) is 10.7 Å². The third kappa shape index (κ3) is 3.12. The van der Waals surface area contributed by atoms with Crippen molar-refractivity contribution in [1.29, 1.82) is 5.26 Å². The molecule has 1 aromatic rings. The monoisotopic (exact) mass is 380 g/mol. The van der Waals surface area contributed by atoms with E-state index < -0.39 is 21.4 Å². The minimum absolute atomic E-state index is 0.0119. The molecule has 0 fully saturated rings. The maximum Gasteiger partial charge on any atom is 0.239 e. The van der Waals surface area contributed by atoms with Gasteiger partial charge in [-0.25, -0.2) is 22.1 Å². The first-order valence-corrected chi connectivity index (χ1v) is 10.1. The van der Waals surface area contributed by atoms with Gasteiger partial charge in [0, 0.05) is 12.3 Å². The fourth-order valence-corrected chi connectivity index (χ4v) is 5.86. The van der Waals surface area contributed by atoms with Gasteiger partial charge in [0.2, 0.25) is 16.0 Å². The van der Waals surface area contributed by atoms with Crippen LogP contribution in [0.25, 0.3) is 5.57 Å². The molecule has 6 nitrogen and oxygen atoms in total. The minimum atomic E-state index is -3.51. The topological polar surface area (TPSA) is 99.5 Å². The van der Waals surface area contributed by atoms with Gasteiger partial charge in [0.15, 0.2) is 0 Å². The van der Waals surface area contributed by atoms with E-state index in [1.807, 2.05) is 11.5 Å². The van der Waals surface area contributed by atoms with Gasteiger partial charge in [0.05, 0.1) is 16.9 Å². The molecule has 9 heteroatoms. The Morgan fingerprint density at radius 1 is 1.52 bits per heavy atom. The number of nitrogens with zero attached hydrogens (tertiary/aromatic N) is 3. The average molecular weight is 380 g/mol. The highest BCUT2D eigenvalue weighted by Crippen LogP contribution is 2.44. The number of allylic oxidation sites excluding steroid dienone is 1. The van der Waals surface area contributed by atoms with Crippen LogP contribution in [0, 0.1) is 17.1 Å². The first-order valence-electron chi connectivity index (χ1n) is 7.53. The summed E-state index contributed by atoms with van der Waals surface area (Å²) in [4.78, 5) is 4.42. The summed E-state index contributed by atoms with van der Waals surface area (Å²) in [6.45, 7) is 1.78. The van der Waals surface area contributed by atoms with Crippen molar-refractivity contribution in [3.63, 3.8) is 0 Å². The number of rotatable bonds is 2. The third-order valence-corrected chi connectivity index (χ3v) is 7.91. The number of halogens is 1. The summed E-state index contributed by atoms with van der Waals surface area (Å²) in [6.07, 6.45) is 0.563. The highest BCUT2D eigenvalue weighted by molar-refractivity contribution is 8.03. The van der Waals surface area contributed by atoms with Crippen LogP contribution in [0.1, 0.15) is 24.5 Å². The lowest BCUT2D eigenvalue weighted by Gasteiger charge is -2.37. The third-order valence-electron chi connectivity index (χ3n) is 4.52. The van der Waals surface area contributed by atoms with Crippen molar-refractivity contribution in [2.75, 3.05) is 12.8 Å². The molecule has 0 radical (unpaired) electrons. The second-order valence-electron chi connectivity index (χ2n) is 6.33. The van der Waals surface area contributed by atoms with Crippen LogP contribution < -0.4 is 5.73 Å². The Balaban J connectivity index is 1.87. The number of aliphatic imine (C=N–C) groups is 1. The zero-order chi connectivity index (χ0) is 18.4. The van der Waals surface area contributed by atoms with Crippen molar-refractivity contribution in [1.82, 2.24) is 4.31 Å². The standard InChI is InChI=1S/C16H17FN4O2S2/c1-16(9-25(22,23)21(2)15(19)20-16)14-6-12(8-24-14)10-3-4-13(17)11(5-10)7-18/h3-5,8,14H,6,9H2,1-2H3,(H2,19,20)/t14?,16-/m0/s1. The van der Waals surface area contributed by atoms with Crippen molar-refractivity contribution < 1.29 is 12.8 Å². The summed E-state index contributed by atoms with van der Waals surface area (Å²) < 4.78 is 39.1. The van der Waals surface area contributed by atoms with Crippen LogP contribution in [-0.2, 0) is 10.0 Å². The second-order valence-corrected chi connectivity index (χ2v) is 9.41. The Morgan fingerprint density at radius 3 is 2.88 bits per heavy atom. The number of nitriles is 1. The summed E-state index contributed by atoms with van der Waals surface area (Å²) in [6, 6.07) is 6.23. The minimum Gasteiger partial charge on any atom is -0.369 e. The fraction of sp³-hybridized carbons (Fsp3) is 0.375. The molecule has 1 unspecified atom stereocenters. The summed E-state index contributed by atoms with van der Waals surface area (Å²) in [5, 5.41) is 10.8. The zero-order valence-electron chi connectivity index (χ0n) is 13.7. The molecule has 2 heterocycles. The maximum atomic E-state index is 13.5. The van der Waals surface area contributed by atoms with Crippen LogP contribution in [0.4, 0.5) is 4.39 Å². The van der Waals surface area contributed by atoms with Gasteiger partial charge in [-0.3, -0.25) is 0 Å². The predicted molar refractivity (Wildman–Crippen MR) is 96.7 cm³/mol. The Bertz CT molecular complexity index is 936. The van der Waals surface area contributed by atoms with Gasteiger partial charge in [-0.15, -0.1) is 11.8 Å². The molecule has 1 aromatic carbocycles. The SMILES string of the molecule is CN1C(N)=N[C@](C)(C2CC(c3ccc(F)c(C#N)c3)=CS2)CS1(=O)=O. The Labute approximate surface area is 150 Å². The molecule has 0 spiro atoms. The van der Waals surface area contributed by atoms with Crippen molar-refractivity contribution in [2.45, 2.75) is 24.1 Å². The lowest BCUT2D eigenvalue weighted by molar-refractivity contribution is 0.454. The molecule has 2 N–H and O–H groups in total. The number of thioether (sulfide) groups is 1. The average Bonchev–Trinajstić information content (AvgIpc) is 3.03. The van der Waals surface area contributed by atoms with E-state index >= 15 is 0 Å². The molecule has 0 amide bonds. The van der Waals surface area contributed by atoms with Gasteiger partial charge < -0.3 is 5.73 Å². The van der Waals surface area contributed by atoms with Crippen LogP contribution in [0.3, 0.4) is 0 Å². The van der Waals surface area contributed by atoms with Gasteiger partial charge in [0.25, 0.3) is 0 Å². The smallest absolute Gasteiger partial charge is 0.239 e. The molecule has 2 aliphatic rings. The number of guanidine groups is 1. The van der Waals surface area contributed by atoms with Gasteiger partial charge >= 0.3 is 0 Å². The van der Waals surface area contributed by atoms with Gasteiger partial charge in [-0.05, 0) is 42.0 Å². The largest absolute Gasteiger partial charge is 0.369 e. The number of sulfonamides is 1. The molecule has 0 saturated heterocycles. The predicted octanol–water partition coefficient (Wildman–Crippen LogP) is 1.89. The molecule has 0 bridgehead atoms. The van der Waals surface area contributed by atoms with E-state index in [0.717, 1.165) is 15.4 Å². The van der Waals surface area contributed by atoms with E-state index in [9.17, 15) is 12.8 Å². The molecule has 25 heavy (non-hydrogen) atoms. The van der Waals surface area contributed by atoms with Crippen molar-refractivity contribution in [3.05, 3.63) is 40.6 Å². The van der Waals surface area contributed by atoms with E-state index in [0.29, 0.717) is 6.42 Å². The number of nitrogens with two attached hydrogens (primary N) is 1. The van der Waals surface area contributed by atoms with Gasteiger partial charge in [0.1, 0.15) is 11.9 Å². The number of hydrogen-bond donors (Lipinski definition) is 1. The van der Waals surface area contributed by atoms with E-state index in [2.05, 4.69) is 4.99 Å². The van der Waals surface area contributed by atoms with Crippen molar-refractivity contribution >= 4 is 33.3 Å². The van der Waals surface area contributed by atoms with Gasteiger partial charge in [-0.2, -0.15) is 5.26 Å². The van der Waals surface area contributed by atoms with Crippen molar-refractivity contribution in [3.8, 4) is 6.07 Å². The summed E-state index contributed by atoms with van der Waals surface area (Å²) in [5.41, 5.74) is 6.61. The molecule has 132 valence electrons. The number of benzene rings is 1. The lowest BCUT2D eigenvalue weighted by Crippen LogP contribution is -2.54. The summed E-state index contributed by atoms with van der Waals surface area (Å²) in [7, 11) is -2.12. The first-order chi connectivity index (χ1) is 11.7. The van der Waals surface area contributed by atoms with Crippen LogP contribution in [0.5, 0.6) is 0 Å². The fourth-order valence-electron chi connectivity index (χ4n) is 2.96. The summed E-state index contributed by atoms with van der Waals surface area (Å²) in [5.74, 6) is -0.695. The quantitative estimate of drug-likeness (QED) is 0.845. The second kappa shape index (κ2) is 6.04. The molecule has 2 atom stereocenters. The Morgan fingerprint density at radius 2 is 2.24 bits per heavy atom. The molecule has 3 rings (SSSR count). The van der Waals surface area contributed by atoms with E-state index in [4.69, 9.17) is 11.0 Å². The van der Waals surface area contributed by atoms with Crippen LogP contribution in [0.2, 0.25) is 0 Å². The first kappa shape index (κ1) is 17.8. The van der Waals surface area contributed by atoms with Crippen LogP contribution in [0.15, 0.2) is 28.6 Å². The highest BCUT2D eigenvalue weighted by Gasteiger charge is 2.45. The Hall–Kier alpha value is -2.05. The molecular formula is C16H17FN4O2S2. The lowest BCUT2D eigenvalue weighted by atomic mass is 9.92. The highest BCUT2D eigenvalue weighted by atomic mass is 32.2.